The van der Waals surface area contributed by atoms with E-state index in [0.717, 1.165) is 0 Å². The van der Waals surface area contributed by atoms with Gasteiger partial charge in [0, 0.05) is 22.2 Å². The summed E-state index contributed by atoms with van der Waals surface area (Å²) in [6.07, 6.45) is 0. The van der Waals surface area contributed by atoms with Crippen molar-refractivity contribution in [1.29, 1.82) is 0 Å². The molecule has 1 aromatic heterocycles. The third-order valence-corrected chi connectivity index (χ3v) is 8.80. The molecule has 0 amide bonds. The summed E-state index contributed by atoms with van der Waals surface area (Å²) >= 11 is 0. The molecule has 0 radical (unpaired) electrons. The number of hydrogen-bond donors (Lipinski definition) is 0. The van der Waals surface area contributed by atoms with Gasteiger partial charge in [0.2, 0.25) is 0 Å². The van der Waals surface area contributed by atoms with E-state index in [-0.39, 0.29) is 4.90 Å². The summed E-state index contributed by atoms with van der Waals surface area (Å²) in [5, 5.41) is -4.84. The molecule has 1 heterocycles. The van der Waals surface area contributed by atoms with Gasteiger partial charge in [-0.3, -0.25) is 0 Å². The molecule has 2 heteroatoms. The zero-order valence-electron chi connectivity index (χ0n) is 65.9. The Hall–Kier alpha value is -7.68. The molecule has 2 nitrogen and oxygen atoms in total. The number of benzene rings is 10. The summed E-state index contributed by atoms with van der Waals surface area (Å²) in [6, 6.07) is -42.6. The molecule has 0 aliphatic carbocycles. The second-order valence-electron chi connectivity index (χ2n) is 12.0. The highest BCUT2D eigenvalue weighted by molar-refractivity contribution is 6.21. The van der Waals surface area contributed by atoms with Crippen molar-refractivity contribution in [2.24, 2.45) is 0 Å². The fraction of sp³-hybridized carbons (Fsp3) is 0. The van der Waals surface area contributed by atoms with Crippen molar-refractivity contribution in [3.05, 3.63) is 224 Å². The smallest absolute Gasteiger partial charge is 0.145 e. The highest BCUT2D eigenvalue weighted by Crippen LogP contribution is 2.49. The van der Waals surface area contributed by atoms with Crippen molar-refractivity contribution in [2.75, 3.05) is 4.90 Å². The van der Waals surface area contributed by atoms with Crippen LogP contribution in [0.5, 0.6) is 0 Å². The maximum absolute atomic E-state index is 10.4. The van der Waals surface area contributed by atoms with Crippen LogP contribution in [-0.4, -0.2) is 0 Å². The van der Waals surface area contributed by atoms with Crippen molar-refractivity contribution in [1.82, 2.24) is 0 Å². The zero-order valence-corrected chi connectivity index (χ0v) is 28.9. The van der Waals surface area contributed by atoms with E-state index < -0.39 is 329 Å². The van der Waals surface area contributed by atoms with Crippen LogP contribution in [0.3, 0.4) is 0 Å². The maximum atomic E-state index is 10.4. The van der Waals surface area contributed by atoms with Crippen molar-refractivity contribution < 1.29 is 55.1 Å². The van der Waals surface area contributed by atoms with Crippen molar-refractivity contribution in [3.63, 3.8) is 0 Å². The van der Waals surface area contributed by atoms with Gasteiger partial charge >= 0.3 is 0 Å². The van der Waals surface area contributed by atoms with Crippen LogP contribution in [0.15, 0.2) is 228 Å². The first-order valence-electron chi connectivity index (χ1n) is 35.3. The molecular weight excluding hydrogens is 703 g/mol. The van der Waals surface area contributed by atoms with E-state index in [9.17, 15) is 21.9 Å². The fourth-order valence-corrected chi connectivity index (χ4v) is 6.34. The van der Waals surface area contributed by atoms with Crippen LogP contribution in [0.25, 0.3) is 88.0 Å². The monoisotopic (exact) mass is 777 g/mol. The Labute approximate surface area is 389 Å². The van der Waals surface area contributed by atoms with Crippen LogP contribution in [0, 0.1) is 0 Å². The average molecular weight is 777 g/mol. The van der Waals surface area contributed by atoms with E-state index in [4.69, 9.17) is 33.2 Å². The van der Waals surface area contributed by atoms with E-state index in [1.165, 1.54) is 0 Å². The second-order valence-corrected chi connectivity index (χ2v) is 12.0. The van der Waals surface area contributed by atoms with E-state index >= 15 is 0 Å². The molecular formula is C56H37NO. The minimum atomic E-state index is -1.45. The number of para-hydroxylation sites is 2. The van der Waals surface area contributed by atoms with E-state index in [1.807, 2.05) is 0 Å². The molecule has 0 unspecified atom stereocenters. The molecule has 0 spiro atoms. The largest absolute Gasteiger partial charge is 0.455 e. The lowest BCUT2D eigenvalue weighted by Crippen LogP contribution is -2.11. The van der Waals surface area contributed by atoms with Crippen LogP contribution in [0.1, 0.15) is 50.7 Å². The lowest BCUT2D eigenvalue weighted by Gasteiger charge is -2.29. The Morgan fingerprint density at radius 1 is 0.345 bits per heavy atom. The molecule has 10 aromatic carbocycles. The van der Waals surface area contributed by atoms with Gasteiger partial charge in [0.15, 0.2) is 0 Å². The van der Waals surface area contributed by atoms with Crippen LogP contribution in [0.2, 0.25) is 0 Å². The van der Waals surface area contributed by atoms with Crippen molar-refractivity contribution in [3.8, 4) is 44.5 Å². The highest BCUT2D eigenvalue weighted by atomic mass is 16.3. The molecule has 0 bridgehead atoms. The van der Waals surface area contributed by atoms with Crippen molar-refractivity contribution >= 4 is 60.5 Å². The van der Waals surface area contributed by atoms with Crippen molar-refractivity contribution in [2.45, 2.75) is 0 Å². The Bertz CT molecular complexity index is 5380. The molecule has 11 rings (SSSR count). The van der Waals surface area contributed by atoms with E-state index in [1.54, 1.807) is 0 Å². The Morgan fingerprint density at radius 2 is 0.931 bits per heavy atom. The van der Waals surface area contributed by atoms with Gasteiger partial charge in [-0.05, 0) is 103 Å². The van der Waals surface area contributed by atoms with Gasteiger partial charge in [-0.2, -0.15) is 0 Å². The number of rotatable bonds is 7. The Morgan fingerprint density at radius 3 is 1.72 bits per heavy atom. The fourth-order valence-electron chi connectivity index (χ4n) is 6.34. The van der Waals surface area contributed by atoms with Crippen LogP contribution >= 0.6 is 0 Å². The predicted molar refractivity (Wildman–Crippen MR) is 245 cm³/mol. The topological polar surface area (TPSA) is 16.4 Å². The standard InChI is InChI=1S/C56H37NO/c1-3-16-38(17-4-1)40-30-32-44(33-31-40)57(52-28-13-11-24-46(52)42-22-15-21-41(36-42)39-18-5-2-6-19-39)53-35-34-49(56-55(53)50-27-12-14-29-54(50)58-56)51-37-43-20-7-8-23-45(43)47-25-9-10-26-48(47)51/h1-37H/i1D,2D,3D,4D,5D,6D,7D,8D,9D,10D,11D,12D,13D,14D,15D,16D,17D,18D,19D,20D,21D,22D,23D,24D,25D,26D,27D,28D,29D,30D,31D,32D,33D,34D,35D,36D,37D. The Balaban J connectivity index is 1.47. The average Bonchev–Trinajstić information content (AvgIpc) is 1.61. The first-order chi connectivity index (χ1) is 44.2. The van der Waals surface area contributed by atoms with Gasteiger partial charge in [-0.15, -0.1) is 0 Å². The van der Waals surface area contributed by atoms with Crippen LogP contribution in [0.4, 0.5) is 17.1 Å². The molecule has 0 saturated heterocycles. The minimum Gasteiger partial charge on any atom is -0.455 e. The molecule has 0 fully saturated rings. The Kier molecular flexibility index (Phi) is 3.15. The number of furan rings is 1. The van der Waals surface area contributed by atoms with Crippen LogP contribution < -0.4 is 4.90 Å². The third-order valence-electron chi connectivity index (χ3n) is 8.80. The quantitative estimate of drug-likeness (QED) is 0.150. The summed E-state index contributed by atoms with van der Waals surface area (Å²) in [5.41, 5.74) is -14.3. The number of hydrogen-bond acceptors (Lipinski definition) is 2. The summed E-state index contributed by atoms with van der Waals surface area (Å²) < 4.78 is 345. The summed E-state index contributed by atoms with van der Waals surface area (Å²) in [7, 11) is 0. The van der Waals surface area contributed by atoms with Gasteiger partial charge in [0.05, 0.1) is 67.5 Å². The van der Waals surface area contributed by atoms with E-state index in [2.05, 4.69) is 0 Å². The molecule has 0 N–H and O–H groups in total. The predicted octanol–water partition coefficient (Wildman–Crippen LogP) is 16.0. The first kappa shape index (κ1) is 12.9. The number of nitrogens with zero attached hydrogens (tertiary/aromatic N) is 1. The maximum Gasteiger partial charge on any atom is 0.145 e. The second kappa shape index (κ2) is 14.1. The highest BCUT2D eigenvalue weighted by Gasteiger charge is 2.25. The SMILES string of the molecule is [2H]c1c([2H])c([2H])c(-c2c([2H])c([2H])c(N(c3c([2H])c([2H])c([2H])c([2H])c3-c3c([2H])c([2H])c([2H])c(-c4c([2H])c([2H])c([2H])c([2H])c4[2H])c3[2H])c3c([2H])c([2H])c(-c4c([2H])c5c([2H])c([2H])c([2H])c([2H])c5c5c([2H])c([2H])c([2H])c([2H])c45)c4oc5c([2H])c([2H])c([2H])c([2H])c5c34)c([2H])c2[2H])c([2H])c1[2H]. The lowest BCUT2D eigenvalue weighted by atomic mass is 9.91. The molecule has 0 aliphatic rings. The first-order valence-corrected chi connectivity index (χ1v) is 16.8. The van der Waals surface area contributed by atoms with Gasteiger partial charge < -0.3 is 9.32 Å². The van der Waals surface area contributed by atoms with E-state index in [0.29, 0.717) is 0 Å². The normalized spacial score (nSPS) is 20.4. The molecule has 0 saturated carbocycles. The lowest BCUT2D eigenvalue weighted by molar-refractivity contribution is 0.670. The molecule has 272 valence electrons. The molecule has 11 aromatic rings. The van der Waals surface area contributed by atoms with Gasteiger partial charge in [0.1, 0.15) is 11.2 Å². The third kappa shape index (κ3) is 5.74. The van der Waals surface area contributed by atoms with Gasteiger partial charge in [-0.25, -0.2) is 0 Å². The number of fused-ring (bicyclic) bond motifs is 6. The van der Waals surface area contributed by atoms with Crippen LogP contribution in [-0.2, 0) is 0 Å². The summed E-state index contributed by atoms with van der Waals surface area (Å²) in [4.78, 5) is 0.270. The summed E-state index contributed by atoms with van der Waals surface area (Å²) in [6.45, 7) is 0. The minimum absolute atomic E-state index is 0.270. The molecule has 58 heavy (non-hydrogen) atoms. The zero-order chi connectivity index (χ0) is 70.6. The van der Waals surface area contributed by atoms with Gasteiger partial charge in [0.25, 0.3) is 0 Å². The van der Waals surface area contributed by atoms with Gasteiger partial charge in [-0.1, -0.05) is 175 Å². The molecule has 0 atom stereocenters. The molecule has 0 aliphatic heterocycles. The number of anilines is 3. The summed E-state index contributed by atoms with van der Waals surface area (Å²) in [5.74, 6) is 0.